The van der Waals surface area contributed by atoms with Gasteiger partial charge in [0.2, 0.25) is 0 Å². The Kier molecular flexibility index (Phi) is 14.3. The molecule has 13 heteroatoms. The molecule has 7 nitrogen and oxygen atoms in total. The summed E-state index contributed by atoms with van der Waals surface area (Å²) in [5.41, 5.74) is 4.54. The number of allylic oxidation sites excluding steroid dienone is 2. The molecular formula is C39H33Br2Cl2F2N5O2. The number of imidazole rings is 1. The fraction of sp³-hybridized carbons (Fsp3) is 0.179. The first-order valence-corrected chi connectivity index (χ1v) is 19.2. The van der Waals surface area contributed by atoms with Crippen molar-refractivity contribution < 1.29 is 18.4 Å². The molecule has 0 saturated carbocycles. The molecule has 0 saturated heterocycles. The standard InChI is InChI=1S/C19H15ClFN3O.C18H14ClFN2O.C2H4Br2/c20-15-7-4-8-16(17(15)21)24-10-9-23-12-14(22-18(23)19(24)25)11-13-5-2-1-3-6-13;19-14-7-4-8-15(17(14)20)22-18(23)16-10-9-13(21-16)11-12-5-2-1-3-6-12;3-1-2-4/h1-8,12H,9-11H2;1-9H,10-11H2,(H,22,23);1-2H2. The van der Waals surface area contributed by atoms with E-state index in [0.717, 1.165) is 33.2 Å². The summed E-state index contributed by atoms with van der Waals surface area (Å²) < 4.78 is 29.9. The minimum atomic E-state index is -0.640. The molecule has 4 aromatic carbocycles. The van der Waals surface area contributed by atoms with Gasteiger partial charge in [-0.3, -0.25) is 14.6 Å². The smallest absolute Gasteiger partial charge is 0.294 e. The van der Waals surface area contributed by atoms with Crippen molar-refractivity contribution in [2.24, 2.45) is 4.99 Å². The number of hydrogen-bond donors (Lipinski definition) is 1. The molecule has 0 unspecified atom stereocenters. The fourth-order valence-corrected chi connectivity index (χ4v) is 5.74. The summed E-state index contributed by atoms with van der Waals surface area (Å²) >= 11 is 17.9. The van der Waals surface area contributed by atoms with Gasteiger partial charge in [0.1, 0.15) is 5.71 Å². The summed E-state index contributed by atoms with van der Waals surface area (Å²) in [7, 11) is 0. The summed E-state index contributed by atoms with van der Waals surface area (Å²) in [6.07, 6.45) is 5.57. The second-order valence-corrected chi connectivity index (χ2v) is 13.9. The predicted molar refractivity (Wildman–Crippen MR) is 212 cm³/mol. The summed E-state index contributed by atoms with van der Waals surface area (Å²) in [6, 6.07) is 29.0. The van der Waals surface area contributed by atoms with E-state index in [1.54, 1.807) is 18.2 Å². The average Bonchev–Trinajstić information content (AvgIpc) is 3.80. The third-order valence-corrected chi connectivity index (χ3v) is 10.3. The summed E-state index contributed by atoms with van der Waals surface area (Å²) in [5, 5.41) is 4.59. The SMILES string of the molecule is BrCCBr.O=C(Nc1cccc(Cl)c1F)C1=NC(Cc2ccccc2)=CC1.O=C1c2nc(Cc3ccccc3)cn2CCN1c1cccc(Cl)c1F. The van der Waals surface area contributed by atoms with E-state index in [1.165, 1.54) is 23.1 Å². The van der Waals surface area contributed by atoms with Crippen LogP contribution in [0.4, 0.5) is 20.2 Å². The quantitative estimate of drug-likeness (QED) is 0.158. The molecule has 52 heavy (non-hydrogen) atoms. The van der Waals surface area contributed by atoms with Crippen LogP contribution in [-0.2, 0) is 24.2 Å². The molecule has 1 N–H and O–H groups in total. The van der Waals surface area contributed by atoms with Crippen molar-refractivity contribution in [3.05, 3.63) is 159 Å². The molecule has 2 amide bonds. The van der Waals surface area contributed by atoms with Crippen LogP contribution in [0.25, 0.3) is 0 Å². The monoisotopic (exact) mass is 869 g/mol. The molecule has 2 aliphatic rings. The van der Waals surface area contributed by atoms with Gasteiger partial charge in [-0.05, 0) is 35.4 Å². The number of carbonyl (C=O) groups excluding carboxylic acids is 2. The molecule has 0 bridgehead atoms. The zero-order valence-electron chi connectivity index (χ0n) is 27.7. The van der Waals surface area contributed by atoms with Crippen LogP contribution >= 0.6 is 55.1 Å². The lowest BCUT2D eigenvalue weighted by Crippen LogP contribution is -2.41. The van der Waals surface area contributed by atoms with Crippen LogP contribution in [0.5, 0.6) is 0 Å². The molecule has 2 aliphatic heterocycles. The Bertz CT molecular complexity index is 2080. The van der Waals surface area contributed by atoms with Crippen LogP contribution < -0.4 is 10.2 Å². The van der Waals surface area contributed by atoms with Gasteiger partial charge < -0.3 is 14.8 Å². The lowest BCUT2D eigenvalue weighted by atomic mass is 10.1. The van der Waals surface area contributed by atoms with Crippen molar-refractivity contribution in [3.63, 3.8) is 0 Å². The first-order chi connectivity index (χ1) is 25.2. The average molecular weight is 872 g/mol. The molecule has 0 fully saturated rings. The zero-order chi connectivity index (χ0) is 37.0. The summed E-state index contributed by atoms with van der Waals surface area (Å²) in [4.78, 5) is 35.2. The number of hydrogen-bond acceptors (Lipinski definition) is 4. The number of aliphatic imine (C=N–C) groups is 1. The van der Waals surface area contributed by atoms with Crippen molar-refractivity contribution in [1.29, 1.82) is 0 Å². The van der Waals surface area contributed by atoms with Gasteiger partial charge in [-0.25, -0.2) is 13.8 Å². The van der Waals surface area contributed by atoms with Gasteiger partial charge in [-0.1, -0.05) is 134 Å². The first-order valence-electron chi connectivity index (χ1n) is 16.2. The maximum absolute atomic E-state index is 14.3. The molecule has 0 atom stereocenters. The highest BCUT2D eigenvalue weighted by molar-refractivity contribution is 9.11. The normalized spacial score (nSPS) is 13.2. The molecule has 3 heterocycles. The van der Waals surface area contributed by atoms with Crippen LogP contribution in [0.15, 0.2) is 120 Å². The van der Waals surface area contributed by atoms with Crippen LogP contribution in [0.3, 0.4) is 0 Å². The number of anilines is 2. The minimum Gasteiger partial charge on any atom is -0.325 e. The third kappa shape index (κ3) is 10.2. The minimum absolute atomic E-state index is 0.00369. The Morgan fingerprint density at radius 2 is 1.40 bits per heavy atom. The van der Waals surface area contributed by atoms with E-state index < -0.39 is 17.5 Å². The van der Waals surface area contributed by atoms with E-state index in [9.17, 15) is 18.4 Å². The number of nitrogens with zero attached hydrogens (tertiary/aromatic N) is 4. The number of aromatic nitrogens is 2. The Balaban J connectivity index is 0.000000183. The number of nitrogens with one attached hydrogen (secondary N) is 1. The van der Waals surface area contributed by atoms with Crippen molar-refractivity contribution in [1.82, 2.24) is 9.55 Å². The number of halogens is 6. The molecule has 7 rings (SSSR count). The summed E-state index contributed by atoms with van der Waals surface area (Å²) in [5.74, 6) is -1.62. The lowest BCUT2D eigenvalue weighted by molar-refractivity contribution is -0.110. The van der Waals surface area contributed by atoms with E-state index in [4.69, 9.17) is 23.2 Å². The molecule has 5 aromatic rings. The molecule has 0 aliphatic carbocycles. The Morgan fingerprint density at radius 1 is 0.788 bits per heavy atom. The predicted octanol–water partition coefficient (Wildman–Crippen LogP) is 10.1. The van der Waals surface area contributed by atoms with Crippen LogP contribution in [0, 0.1) is 11.6 Å². The van der Waals surface area contributed by atoms with Crippen molar-refractivity contribution in [2.75, 3.05) is 27.4 Å². The first kappa shape index (κ1) is 39.1. The van der Waals surface area contributed by atoms with Gasteiger partial charge >= 0.3 is 0 Å². The fourth-order valence-electron chi connectivity index (χ4n) is 5.40. The number of alkyl halides is 2. The highest BCUT2D eigenvalue weighted by Gasteiger charge is 2.30. The zero-order valence-corrected chi connectivity index (χ0v) is 32.4. The van der Waals surface area contributed by atoms with Gasteiger partial charge in [0.15, 0.2) is 17.5 Å². The van der Waals surface area contributed by atoms with E-state index in [0.29, 0.717) is 43.9 Å². The lowest BCUT2D eigenvalue weighted by Gasteiger charge is -2.27. The van der Waals surface area contributed by atoms with E-state index in [-0.39, 0.29) is 27.3 Å². The van der Waals surface area contributed by atoms with E-state index >= 15 is 0 Å². The molecule has 0 spiro atoms. The Morgan fingerprint density at radius 3 is 2.06 bits per heavy atom. The van der Waals surface area contributed by atoms with Gasteiger partial charge in [-0.2, -0.15) is 0 Å². The Hall–Kier alpha value is -4.16. The van der Waals surface area contributed by atoms with Crippen LogP contribution in [-0.4, -0.2) is 44.3 Å². The highest BCUT2D eigenvalue weighted by Crippen LogP contribution is 2.29. The number of benzene rings is 4. The summed E-state index contributed by atoms with van der Waals surface area (Å²) in [6.45, 7) is 0.944. The topological polar surface area (TPSA) is 79.6 Å². The second-order valence-electron chi connectivity index (χ2n) is 11.5. The van der Waals surface area contributed by atoms with Crippen LogP contribution in [0.2, 0.25) is 10.0 Å². The van der Waals surface area contributed by atoms with Crippen LogP contribution in [0.1, 0.15) is 33.9 Å². The van der Waals surface area contributed by atoms with Crippen molar-refractivity contribution >= 4 is 84.0 Å². The molecular weight excluding hydrogens is 839 g/mol. The third-order valence-electron chi connectivity index (χ3n) is 7.85. The Labute approximate surface area is 327 Å². The van der Waals surface area contributed by atoms with E-state index in [1.807, 2.05) is 77.5 Å². The van der Waals surface area contributed by atoms with Crippen molar-refractivity contribution in [3.8, 4) is 0 Å². The number of rotatable bonds is 8. The highest BCUT2D eigenvalue weighted by atomic mass is 79.9. The maximum Gasteiger partial charge on any atom is 0.294 e. The maximum atomic E-state index is 14.3. The molecule has 1 aromatic heterocycles. The number of fused-ring (bicyclic) bond motifs is 1. The van der Waals surface area contributed by atoms with Gasteiger partial charge in [0, 0.05) is 54.9 Å². The largest absolute Gasteiger partial charge is 0.325 e. The second kappa shape index (κ2) is 19.1. The molecule has 0 radical (unpaired) electrons. The van der Waals surface area contributed by atoms with E-state index in [2.05, 4.69) is 47.2 Å². The number of amides is 2. The van der Waals surface area contributed by atoms with Gasteiger partial charge in [-0.15, -0.1) is 0 Å². The van der Waals surface area contributed by atoms with Gasteiger partial charge in [0.25, 0.3) is 11.8 Å². The van der Waals surface area contributed by atoms with Crippen molar-refractivity contribution in [2.45, 2.75) is 25.8 Å². The van der Waals surface area contributed by atoms with Gasteiger partial charge in [0.05, 0.1) is 27.1 Å². The molecule has 268 valence electrons. The number of carbonyl (C=O) groups is 2.